The standard InChI is InChI=1S/C26H22F3N3O2S2/c1-14(22(33)30-20-9-5-4-8-19(20)26(27,28)29)36-25-31-23(34)21-18(13-35-24(21)32-25)17-11-10-15-6-2-3-7-16(15)12-17/h4-5,8-14H,2-3,6-7H2,1H3,(H,30,33)(H,31,32,34). The van der Waals surface area contributed by atoms with Crippen LogP contribution in [0.3, 0.4) is 0 Å². The summed E-state index contributed by atoms with van der Waals surface area (Å²) in [5, 5.41) is 4.19. The number of H-pyrrole nitrogens is 1. The minimum absolute atomic E-state index is 0.234. The van der Waals surface area contributed by atoms with E-state index in [4.69, 9.17) is 0 Å². The molecule has 10 heteroatoms. The van der Waals surface area contributed by atoms with Crippen LogP contribution < -0.4 is 10.9 Å². The third-order valence-electron chi connectivity index (χ3n) is 6.23. The van der Waals surface area contributed by atoms with Gasteiger partial charge in [-0.1, -0.05) is 42.1 Å². The Morgan fingerprint density at radius 2 is 1.89 bits per heavy atom. The number of para-hydroxylation sites is 1. The average molecular weight is 530 g/mol. The van der Waals surface area contributed by atoms with E-state index in [1.54, 1.807) is 6.92 Å². The number of thiophene rings is 1. The molecule has 1 aliphatic rings. The largest absolute Gasteiger partial charge is 0.418 e. The lowest BCUT2D eigenvalue weighted by molar-refractivity contribution is -0.137. The summed E-state index contributed by atoms with van der Waals surface area (Å²) in [6.07, 6.45) is -0.114. The second-order valence-electron chi connectivity index (χ2n) is 8.68. The fourth-order valence-corrected chi connectivity index (χ4v) is 6.20. The third-order valence-corrected chi connectivity index (χ3v) is 8.09. The van der Waals surface area contributed by atoms with Gasteiger partial charge in [0.2, 0.25) is 5.91 Å². The molecule has 0 radical (unpaired) electrons. The predicted molar refractivity (Wildman–Crippen MR) is 138 cm³/mol. The number of nitrogens with one attached hydrogen (secondary N) is 2. The van der Waals surface area contributed by atoms with Gasteiger partial charge in [0.15, 0.2) is 5.16 Å². The lowest BCUT2D eigenvalue weighted by atomic mass is 9.89. The van der Waals surface area contributed by atoms with Crippen molar-refractivity contribution >= 4 is 44.9 Å². The number of carbonyl (C=O) groups is 1. The highest BCUT2D eigenvalue weighted by Crippen LogP contribution is 2.36. The Morgan fingerprint density at radius 3 is 2.67 bits per heavy atom. The number of rotatable bonds is 5. The van der Waals surface area contributed by atoms with Crippen molar-refractivity contribution in [3.63, 3.8) is 0 Å². The fourth-order valence-electron chi connectivity index (χ4n) is 4.39. The van der Waals surface area contributed by atoms with Crippen molar-refractivity contribution in [2.45, 2.75) is 49.2 Å². The summed E-state index contributed by atoms with van der Waals surface area (Å²) in [6, 6.07) is 11.1. The Hall–Kier alpha value is -3.11. The van der Waals surface area contributed by atoms with Gasteiger partial charge in [-0.25, -0.2) is 4.98 Å². The molecule has 36 heavy (non-hydrogen) atoms. The van der Waals surface area contributed by atoms with Crippen LogP contribution in [0.5, 0.6) is 0 Å². The second-order valence-corrected chi connectivity index (χ2v) is 10.9. The van der Waals surface area contributed by atoms with E-state index < -0.39 is 22.9 Å². The summed E-state index contributed by atoms with van der Waals surface area (Å²) in [6.45, 7) is 1.55. The van der Waals surface area contributed by atoms with Crippen molar-refractivity contribution in [3.05, 3.63) is 74.9 Å². The molecule has 1 unspecified atom stereocenters. The Balaban J connectivity index is 1.37. The summed E-state index contributed by atoms with van der Waals surface area (Å²) < 4.78 is 39.7. The molecule has 0 bridgehead atoms. The van der Waals surface area contributed by atoms with Gasteiger partial charge in [-0.2, -0.15) is 13.2 Å². The third kappa shape index (κ3) is 4.92. The molecule has 2 aromatic carbocycles. The van der Waals surface area contributed by atoms with E-state index >= 15 is 0 Å². The number of nitrogens with zero attached hydrogens (tertiary/aromatic N) is 1. The number of aryl methyl sites for hydroxylation is 2. The number of alkyl halides is 3. The van der Waals surface area contributed by atoms with Gasteiger partial charge in [0.1, 0.15) is 4.83 Å². The molecule has 5 rings (SSSR count). The molecule has 0 saturated carbocycles. The summed E-state index contributed by atoms with van der Waals surface area (Å²) in [5.41, 5.74) is 2.94. The number of carbonyl (C=O) groups excluding carboxylic acids is 1. The normalized spacial score (nSPS) is 14.4. The number of hydrogen-bond acceptors (Lipinski definition) is 5. The van der Waals surface area contributed by atoms with E-state index in [2.05, 4.69) is 27.4 Å². The summed E-state index contributed by atoms with van der Waals surface area (Å²) in [4.78, 5) is 33.5. The van der Waals surface area contributed by atoms with Crippen molar-refractivity contribution in [2.24, 2.45) is 0 Å². The molecule has 186 valence electrons. The monoisotopic (exact) mass is 529 g/mol. The van der Waals surface area contributed by atoms with Gasteiger partial charge in [-0.3, -0.25) is 9.59 Å². The Bertz CT molecular complexity index is 1510. The van der Waals surface area contributed by atoms with E-state index in [9.17, 15) is 22.8 Å². The smallest absolute Gasteiger partial charge is 0.325 e. The Kier molecular flexibility index (Phi) is 6.65. The van der Waals surface area contributed by atoms with Crippen LogP contribution in [-0.2, 0) is 23.8 Å². The molecule has 2 aromatic heterocycles. The average Bonchev–Trinajstić information content (AvgIpc) is 3.28. The van der Waals surface area contributed by atoms with Crippen LogP contribution in [0, 0.1) is 0 Å². The van der Waals surface area contributed by atoms with Crippen LogP contribution in [0.25, 0.3) is 21.3 Å². The Labute approximate surface area is 213 Å². The van der Waals surface area contributed by atoms with E-state index in [1.165, 1.54) is 47.1 Å². The number of hydrogen-bond donors (Lipinski definition) is 2. The quantitative estimate of drug-likeness (QED) is 0.224. The van der Waals surface area contributed by atoms with Gasteiger partial charge < -0.3 is 10.3 Å². The number of amides is 1. The van der Waals surface area contributed by atoms with E-state index in [-0.39, 0.29) is 16.4 Å². The van der Waals surface area contributed by atoms with Crippen LogP contribution >= 0.6 is 23.1 Å². The van der Waals surface area contributed by atoms with Gasteiger partial charge >= 0.3 is 6.18 Å². The van der Waals surface area contributed by atoms with Crippen LogP contribution in [0.15, 0.2) is 57.8 Å². The highest BCUT2D eigenvalue weighted by molar-refractivity contribution is 8.00. The molecule has 0 saturated heterocycles. The number of aromatic amines is 1. The molecule has 1 amide bonds. The molecule has 2 heterocycles. The molecule has 0 spiro atoms. The summed E-state index contributed by atoms with van der Waals surface area (Å²) in [7, 11) is 0. The van der Waals surface area contributed by atoms with E-state index in [0.29, 0.717) is 10.2 Å². The van der Waals surface area contributed by atoms with Crippen molar-refractivity contribution < 1.29 is 18.0 Å². The number of aromatic nitrogens is 2. The number of thioether (sulfide) groups is 1. The Morgan fingerprint density at radius 1 is 1.14 bits per heavy atom. The number of fused-ring (bicyclic) bond motifs is 2. The van der Waals surface area contributed by atoms with Crippen LogP contribution in [0.1, 0.15) is 36.5 Å². The van der Waals surface area contributed by atoms with Crippen LogP contribution in [-0.4, -0.2) is 21.1 Å². The number of halogens is 3. The first kappa shape index (κ1) is 24.6. The first-order chi connectivity index (χ1) is 17.2. The molecule has 0 aliphatic heterocycles. The molecular weight excluding hydrogens is 507 g/mol. The SMILES string of the molecule is CC(Sc1nc2scc(-c3ccc4c(c3)CCCC4)c2c(=O)[nH]1)C(=O)Nc1ccccc1C(F)(F)F. The maximum absolute atomic E-state index is 13.2. The number of anilines is 1. The zero-order valence-corrected chi connectivity index (χ0v) is 20.9. The minimum Gasteiger partial charge on any atom is -0.325 e. The lowest BCUT2D eigenvalue weighted by Crippen LogP contribution is -2.24. The van der Waals surface area contributed by atoms with Crippen LogP contribution in [0.4, 0.5) is 18.9 Å². The number of benzene rings is 2. The zero-order valence-electron chi connectivity index (χ0n) is 19.2. The van der Waals surface area contributed by atoms with Crippen molar-refractivity contribution in [3.8, 4) is 11.1 Å². The molecule has 5 nitrogen and oxygen atoms in total. The highest BCUT2D eigenvalue weighted by Gasteiger charge is 2.34. The van der Waals surface area contributed by atoms with Gasteiger partial charge in [0.05, 0.1) is 21.9 Å². The van der Waals surface area contributed by atoms with Crippen molar-refractivity contribution in [2.75, 3.05) is 5.32 Å². The molecule has 4 aromatic rings. The van der Waals surface area contributed by atoms with Gasteiger partial charge in [0.25, 0.3) is 5.56 Å². The highest BCUT2D eigenvalue weighted by atomic mass is 32.2. The maximum Gasteiger partial charge on any atom is 0.418 e. The first-order valence-corrected chi connectivity index (χ1v) is 13.2. The van der Waals surface area contributed by atoms with Crippen molar-refractivity contribution in [1.29, 1.82) is 0 Å². The first-order valence-electron chi connectivity index (χ1n) is 11.5. The molecule has 2 N–H and O–H groups in total. The fraction of sp³-hybridized carbons (Fsp3) is 0.269. The van der Waals surface area contributed by atoms with Gasteiger partial charge in [0, 0.05) is 10.9 Å². The lowest BCUT2D eigenvalue weighted by Gasteiger charge is -2.16. The van der Waals surface area contributed by atoms with E-state index in [0.717, 1.165) is 48.2 Å². The minimum atomic E-state index is -4.59. The van der Waals surface area contributed by atoms with Crippen molar-refractivity contribution in [1.82, 2.24) is 9.97 Å². The molecule has 0 fully saturated rings. The molecule has 1 aliphatic carbocycles. The van der Waals surface area contributed by atoms with E-state index in [1.807, 2.05) is 11.4 Å². The topological polar surface area (TPSA) is 74.8 Å². The van der Waals surface area contributed by atoms with Gasteiger partial charge in [-0.15, -0.1) is 11.3 Å². The molecular formula is C26H22F3N3O2S2. The zero-order chi connectivity index (χ0) is 25.4. The van der Waals surface area contributed by atoms with Gasteiger partial charge in [-0.05, 0) is 61.4 Å². The summed E-state index contributed by atoms with van der Waals surface area (Å²) in [5.74, 6) is -0.625. The maximum atomic E-state index is 13.2. The molecule has 1 atom stereocenters. The predicted octanol–water partition coefficient (Wildman–Crippen LogP) is 6.67. The summed E-state index contributed by atoms with van der Waals surface area (Å²) >= 11 is 2.33. The second kappa shape index (κ2) is 9.74. The van der Waals surface area contributed by atoms with Crippen LogP contribution in [0.2, 0.25) is 0 Å².